The zero-order valence-corrected chi connectivity index (χ0v) is 11.5. The van der Waals surface area contributed by atoms with Crippen molar-refractivity contribution >= 4 is 27.6 Å². The van der Waals surface area contributed by atoms with Gasteiger partial charge in [-0.3, -0.25) is 0 Å². The lowest BCUT2D eigenvalue weighted by molar-refractivity contribution is 0.0698. The number of nitrogens with one attached hydrogen (secondary N) is 1. The number of phenolic OH excluding ortho intramolecular Hbond substituents is 1. The van der Waals surface area contributed by atoms with E-state index < -0.39 is 5.97 Å². The van der Waals surface area contributed by atoms with E-state index in [2.05, 4.69) is 21.2 Å². The van der Waals surface area contributed by atoms with Crippen LogP contribution in [0.4, 0.5) is 5.69 Å². The zero-order chi connectivity index (χ0) is 13.8. The summed E-state index contributed by atoms with van der Waals surface area (Å²) in [5.74, 6) is -0.815. The van der Waals surface area contributed by atoms with Crippen LogP contribution in [0, 0.1) is 0 Å². The molecule has 0 heterocycles. The molecule has 0 unspecified atom stereocenters. The Morgan fingerprint density at radius 1 is 1.21 bits per heavy atom. The minimum atomic E-state index is -0.985. The number of carboxylic acid groups (broad SMARTS) is 1. The number of anilines is 1. The Balaban J connectivity index is 2.19. The highest BCUT2D eigenvalue weighted by molar-refractivity contribution is 9.10. The SMILES string of the molecule is O=C(O)c1ccccc1NCc1cc(Br)ccc1O. The highest BCUT2D eigenvalue weighted by Crippen LogP contribution is 2.23. The fourth-order valence-electron chi connectivity index (χ4n) is 1.71. The summed E-state index contributed by atoms with van der Waals surface area (Å²) < 4.78 is 0.855. The molecular weight excluding hydrogens is 310 g/mol. The summed E-state index contributed by atoms with van der Waals surface area (Å²) in [6.07, 6.45) is 0. The van der Waals surface area contributed by atoms with Crippen LogP contribution in [0.5, 0.6) is 5.75 Å². The summed E-state index contributed by atoms with van der Waals surface area (Å²) in [6.45, 7) is 0.343. The topological polar surface area (TPSA) is 69.6 Å². The van der Waals surface area contributed by atoms with E-state index in [1.165, 1.54) is 6.07 Å². The van der Waals surface area contributed by atoms with Gasteiger partial charge in [-0.1, -0.05) is 28.1 Å². The number of rotatable bonds is 4. The van der Waals surface area contributed by atoms with Crippen molar-refractivity contribution in [2.45, 2.75) is 6.54 Å². The Morgan fingerprint density at radius 2 is 1.95 bits per heavy atom. The van der Waals surface area contributed by atoms with Gasteiger partial charge in [-0.15, -0.1) is 0 Å². The Bertz CT molecular complexity index is 613. The molecule has 0 aromatic heterocycles. The summed E-state index contributed by atoms with van der Waals surface area (Å²) in [5, 5.41) is 21.8. The van der Waals surface area contributed by atoms with Gasteiger partial charge < -0.3 is 15.5 Å². The Hall–Kier alpha value is -2.01. The molecule has 0 saturated carbocycles. The van der Waals surface area contributed by atoms with Gasteiger partial charge in [-0.05, 0) is 30.3 Å². The third-order valence-corrected chi connectivity index (χ3v) is 3.16. The molecule has 2 aromatic rings. The number of para-hydroxylation sites is 1. The lowest BCUT2D eigenvalue weighted by Gasteiger charge is -2.10. The lowest BCUT2D eigenvalue weighted by Crippen LogP contribution is -2.06. The minimum Gasteiger partial charge on any atom is -0.508 e. The van der Waals surface area contributed by atoms with Gasteiger partial charge in [0.25, 0.3) is 0 Å². The average Bonchev–Trinajstić information content (AvgIpc) is 2.40. The van der Waals surface area contributed by atoms with Crippen LogP contribution in [0.3, 0.4) is 0 Å². The van der Waals surface area contributed by atoms with Gasteiger partial charge in [0.05, 0.1) is 5.56 Å². The number of carbonyl (C=O) groups is 1. The molecule has 0 aliphatic heterocycles. The molecule has 2 rings (SSSR count). The first-order chi connectivity index (χ1) is 9.08. The summed E-state index contributed by atoms with van der Waals surface area (Å²) >= 11 is 3.33. The molecule has 0 aliphatic carbocycles. The van der Waals surface area contributed by atoms with Crippen molar-refractivity contribution in [1.29, 1.82) is 0 Å². The molecule has 5 heteroatoms. The third kappa shape index (κ3) is 3.26. The molecule has 3 N–H and O–H groups in total. The number of carboxylic acids is 1. The van der Waals surface area contributed by atoms with E-state index in [1.807, 2.05) is 0 Å². The van der Waals surface area contributed by atoms with E-state index in [0.29, 0.717) is 17.8 Å². The van der Waals surface area contributed by atoms with Crippen molar-refractivity contribution in [3.8, 4) is 5.75 Å². The van der Waals surface area contributed by atoms with Crippen LogP contribution in [0.25, 0.3) is 0 Å². The van der Waals surface area contributed by atoms with Crippen LogP contribution in [0.15, 0.2) is 46.9 Å². The van der Waals surface area contributed by atoms with E-state index in [-0.39, 0.29) is 11.3 Å². The number of halogens is 1. The number of hydrogen-bond acceptors (Lipinski definition) is 3. The number of benzene rings is 2. The smallest absolute Gasteiger partial charge is 0.337 e. The van der Waals surface area contributed by atoms with Gasteiger partial charge in [-0.25, -0.2) is 4.79 Å². The zero-order valence-electron chi connectivity index (χ0n) is 9.93. The third-order valence-electron chi connectivity index (χ3n) is 2.67. The van der Waals surface area contributed by atoms with Gasteiger partial charge >= 0.3 is 5.97 Å². The Morgan fingerprint density at radius 3 is 2.68 bits per heavy atom. The fourth-order valence-corrected chi connectivity index (χ4v) is 2.12. The van der Waals surface area contributed by atoms with Gasteiger partial charge in [0.15, 0.2) is 0 Å². The second-order valence-corrected chi connectivity index (χ2v) is 4.89. The quantitative estimate of drug-likeness (QED) is 0.806. The maximum atomic E-state index is 11.1. The molecule has 19 heavy (non-hydrogen) atoms. The van der Waals surface area contributed by atoms with E-state index in [4.69, 9.17) is 5.11 Å². The summed E-state index contributed by atoms with van der Waals surface area (Å²) in [4.78, 5) is 11.1. The van der Waals surface area contributed by atoms with Crippen molar-refractivity contribution in [3.05, 3.63) is 58.1 Å². The van der Waals surface area contributed by atoms with Crippen LogP contribution in [0.1, 0.15) is 15.9 Å². The first-order valence-corrected chi connectivity index (χ1v) is 6.41. The molecule has 0 fully saturated rings. The van der Waals surface area contributed by atoms with Gasteiger partial charge in [0, 0.05) is 22.3 Å². The van der Waals surface area contributed by atoms with E-state index >= 15 is 0 Å². The first kappa shape index (κ1) is 13.4. The highest BCUT2D eigenvalue weighted by atomic mass is 79.9. The van der Waals surface area contributed by atoms with Gasteiger partial charge in [0.2, 0.25) is 0 Å². The maximum Gasteiger partial charge on any atom is 0.337 e. The number of phenols is 1. The fraction of sp³-hybridized carbons (Fsp3) is 0.0714. The largest absolute Gasteiger partial charge is 0.508 e. The Kier molecular flexibility index (Phi) is 4.06. The maximum absolute atomic E-state index is 11.1. The molecule has 0 atom stereocenters. The van der Waals surface area contributed by atoms with Crippen molar-refractivity contribution in [1.82, 2.24) is 0 Å². The minimum absolute atomic E-state index is 0.170. The predicted molar refractivity (Wildman–Crippen MR) is 76.5 cm³/mol. The molecule has 0 saturated heterocycles. The Labute approximate surface area is 118 Å². The molecule has 0 aliphatic rings. The van der Waals surface area contributed by atoms with Crippen LogP contribution < -0.4 is 5.32 Å². The van der Waals surface area contributed by atoms with Gasteiger partial charge in [0.1, 0.15) is 5.75 Å². The van der Waals surface area contributed by atoms with Gasteiger partial charge in [-0.2, -0.15) is 0 Å². The molecule has 2 aromatic carbocycles. The predicted octanol–water partition coefficient (Wildman–Crippen LogP) is 3.47. The van der Waals surface area contributed by atoms with E-state index in [9.17, 15) is 9.90 Å². The first-order valence-electron chi connectivity index (χ1n) is 5.61. The molecule has 0 bridgehead atoms. The highest BCUT2D eigenvalue weighted by Gasteiger charge is 2.09. The standard InChI is InChI=1S/C14H12BrNO3/c15-10-5-6-13(17)9(7-10)8-16-12-4-2-1-3-11(12)14(18)19/h1-7,16-17H,8H2,(H,18,19). The van der Waals surface area contributed by atoms with Crippen LogP contribution in [-0.4, -0.2) is 16.2 Å². The molecule has 98 valence electrons. The summed E-state index contributed by atoms with van der Waals surface area (Å²) in [6, 6.07) is 11.8. The molecule has 0 spiro atoms. The average molecular weight is 322 g/mol. The van der Waals surface area contributed by atoms with Crippen molar-refractivity contribution in [3.63, 3.8) is 0 Å². The molecular formula is C14H12BrNO3. The van der Waals surface area contributed by atoms with Crippen LogP contribution in [0.2, 0.25) is 0 Å². The lowest BCUT2D eigenvalue weighted by atomic mass is 10.1. The van der Waals surface area contributed by atoms with Crippen molar-refractivity contribution < 1.29 is 15.0 Å². The number of aromatic hydroxyl groups is 1. The molecule has 0 amide bonds. The second kappa shape index (κ2) is 5.75. The van der Waals surface area contributed by atoms with E-state index in [0.717, 1.165) is 4.47 Å². The monoisotopic (exact) mass is 321 g/mol. The number of aromatic carboxylic acids is 1. The summed E-state index contributed by atoms with van der Waals surface area (Å²) in [5.41, 5.74) is 1.42. The molecule has 0 radical (unpaired) electrons. The van der Waals surface area contributed by atoms with Crippen molar-refractivity contribution in [2.75, 3.05) is 5.32 Å². The summed E-state index contributed by atoms with van der Waals surface area (Å²) in [7, 11) is 0. The molecule has 4 nitrogen and oxygen atoms in total. The van der Waals surface area contributed by atoms with E-state index in [1.54, 1.807) is 36.4 Å². The number of hydrogen-bond donors (Lipinski definition) is 3. The normalized spacial score (nSPS) is 10.2. The van der Waals surface area contributed by atoms with Crippen LogP contribution in [-0.2, 0) is 6.54 Å². The second-order valence-electron chi connectivity index (χ2n) is 3.98. The van der Waals surface area contributed by atoms with Crippen LogP contribution >= 0.6 is 15.9 Å². The van der Waals surface area contributed by atoms with Crippen molar-refractivity contribution in [2.24, 2.45) is 0 Å².